The van der Waals surface area contributed by atoms with Crippen molar-refractivity contribution in [3.8, 4) is 0 Å². The van der Waals surface area contributed by atoms with Crippen LogP contribution in [0.15, 0.2) is 0 Å². The highest BCUT2D eigenvalue weighted by atomic mass is 127. The van der Waals surface area contributed by atoms with Crippen LogP contribution < -0.4 is 10.6 Å². The lowest BCUT2D eigenvalue weighted by Crippen LogP contribution is -3.20. The molecule has 1 aliphatic heterocycles. The molecule has 18 heavy (non-hydrogen) atoms. The van der Waals surface area contributed by atoms with Gasteiger partial charge in [0.2, 0.25) is 0 Å². The molecule has 1 heterocycles. The van der Waals surface area contributed by atoms with Crippen molar-refractivity contribution in [2.75, 3.05) is 13.1 Å². The van der Waals surface area contributed by atoms with Gasteiger partial charge in [-0.3, -0.25) is 10.5 Å². The van der Waals surface area contributed by atoms with Gasteiger partial charge in [0.25, 0.3) is 0 Å². The smallest absolute Gasteiger partial charge is 0.189 e. The van der Waals surface area contributed by atoms with Gasteiger partial charge in [-0.05, 0) is 32.1 Å². The minimum absolute atomic E-state index is 0.174. The number of nitrogens with two attached hydrogens (primary N) is 1. The summed E-state index contributed by atoms with van der Waals surface area (Å²) in [5.74, 6) is 0.749. The molecule has 0 aromatic carbocycles. The van der Waals surface area contributed by atoms with Gasteiger partial charge in [-0.25, -0.2) is 0 Å². The number of nitrogens with one attached hydrogen (secondary N) is 1. The normalized spacial score (nSPS) is 41.6. The number of carbonyl (C=O) groups is 1. The van der Waals surface area contributed by atoms with Gasteiger partial charge in [0.15, 0.2) is 5.78 Å². The average molecular weight is 430 g/mol. The predicted molar refractivity (Wildman–Crippen MR) is 85.4 cm³/mol. The fourth-order valence-corrected chi connectivity index (χ4v) is 4.50. The number of hydrogen-bond acceptors (Lipinski definition) is 2. The minimum Gasteiger partial charge on any atom is -0.313 e. The number of hydrogen-bond donors (Lipinski definition) is 2. The molecule has 1 saturated heterocycles. The van der Waals surface area contributed by atoms with Crippen molar-refractivity contribution in [1.82, 2.24) is 0 Å². The summed E-state index contributed by atoms with van der Waals surface area (Å²) in [6.07, 6.45) is 6.85. The van der Waals surface area contributed by atoms with Crippen LogP contribution in [0.25, 0.3) is 0 Å². The first-order valence-electron chi connectivity index (χ1n) is 6.97. The Morgan fingerprint density at radius 2 is 1.89 bits per heavy atom. The van der Waals surface area contributed by atoms with Crippen molar-refractivity contribution < 1.29 is 9.69 Å². The van der Waals surface area contributed by atoms with Crippen LogP contribution in [-0.2, 0) is 4.79 Å². The number of piperidine rings is 1. The Hall–Kier alpha value is 0.800. The molecule has 0 radical (unpaired) electrons. The summed E-state index contributed by atoms with van der Waals surface area (Å²) in [4.78, 5) is 14.3. The standard InChI is InChI=1S/C13H22BrIN2O/c14-10-3-1-9(2-4-10)12(18)8-17-7-11(15)5-6-13(17)16/h9-11,13H,1-8,16H2/p+1. The molecule has 0 spiro atoms. The van der Waals surface area contributed by atoms with Crippen LogP contribution in [0, 0.1) is 5.92 Å². The summed E-state index contributed by atoms with van der Waals surface area (Å²) in [6, 6.07) is 0. The van der Waals surface area contributed by atoms with Gasteiger partial charge in [-0.15, -0.1) is 0 Å². The molecule has 2 rings (SSSR count). The first-order valence-corrected chi connectivity index (χ1v) is 9.13. The first kappa shape index (κ1) is 15.2. The topological polar surface area (TPSA) is 47.5 Å². The summed E-state index contributed by atoms with van der Waals surface area (Å²) < 4.78 is 0.684. The van der Waals surface area contributed by atoms with Gasteiger partial charge in [0.1, 0.15) is 12.7 Å². The number of ketones is 1. The molecule has 5 heteroatoms. The van der Waals surface area contributed by atoms with Gasteiger partial charge in [-0.2, -0.15) is 0 Å². The monoisotopic (exact) mass is 429 g/mol. The molecule has 0 amide bonds. The molecule has 3 unspecified atom stereocenters. The summed E-state index contributed by atoms with van der Waals surface area (Å²) in [7, 11) is 0. The Kier molecular flexibility index (Phi) is 5.90. The molecule has 1 saturated carbocycles. The van der Waals surface area contributed by atoms with Gasteiger partial charge < -0.3 is 4.90 Å². The highest BCUT2D eigenvalue weighted by Crippen LogP contribution is 2.28. The van der Waals surface area contributed by atoms with Crippen LogP contribution in [0.1, 0.15) is 38.5 Å². The third-order valence-corrected chi connectivity index (χ3v) is 6.29. The predicted octanol–water partition coefficient (Wildman–Crippen LogP) is 1.28. The van der Waals surface area contributed by atoms with E-state index in [4.69, 9.17) is 5.73 Å². The second kappa shape index (κ2) is 6.99. The zero-order valence-electron chi connectivity index (χ0n) is 10.7. The van der Waals surface area contributed by atoms with Crippen LogP contribution in [-0.4, -0.2) is 33.8 Å². The van der Waals surface area contributed by atoms with E-state index in [1.165, 1.54) is 11.3 Å². The zero-order valence-corrected chi connectivity index (χ0v) is 14.5. The molecule has 2 aliphatic rings. The maximum atomic E-state index is 12.3. The molecule has 3 atom stereocenters. The molecule has 3 nitrogen and oxygen atoms in total. The Morgan fingerprint density at radius 3 is 2.56 bits per heavy atom. The van der Waals surface area contributed by atoms with E-state index in [0.717, 1.165) is 38.6 Å². The number of quaternary nitrogens is 1. The number of alkyl halides is 2. The van der Waals surface area contributed by atoms with Gasteiger partial charge in [0.05, 0.1) is 10.5 Å². The van der Waals surface area contributed by atoms with Crippen molar-refractivity contribution >= 4 is 44.3 Å². The number of halogens is 2. The van der Waals surface area contributed by atoms with E-state index in [-0.39, 0.29) is 6.17 Å². The summed E-state index contributed by atoms with van der Waals surface area (Å²) >= 11 is 6.14. The van der Waals surface area contributed by atoms with Gasteiger partial charge in [-0.1, -0.05) is 38.5 Å². The van der Waals surface area contributed by atoms with Crippen molar-refractivity contribution in [2.45, 2.75) is 53.4 Å². The third-order valence-electron chi connectivity index (χ3n) is 4.31. The number of rotatable bonds is 3. The molecule has 104 valence electrons. The molecule has 0 aromatic rings. The molecule has 0 bridgehead atoms. The number of likely N-dealkylation sites (tertiary alicyclic amines) is 1. The van der Waals surface area contributed by atoms with E-state index in [9.17, 15) is 4.79 Å². The van der Waals surface area contributed by atoms with Crippen LogP contribution in [0.4, 0.5) is 0 Å². The quantitative estimate of drug-likeness (QED) is 0.524. The van der Waals surface area contributed by atoms with Crippen molar-refractivity contribution in [1.29, 1.82) is 0 Å². The van der Waals surface area contributed by atoms with E-state index in [1.54, 1.807) is 0 Å². The van der Waals surface area contributed by atoms with E-state index in [0.29, 0.717) is 27.0 Å². The fourth-order valence-electron chi connectivity index (χ4n) is 3.05. The lowest BCUT2D eigenvalue weighted by molar-refractivity contribution is -0.921. The molecule has 1 aliphatic carbocycles. The van der Waals surface area contributed by atoms with Crippen LogP contribution in [0.5, 0.6) is 0 Å². The maximum absolute atomic E-state index is 12.3. The lowest BCUT2D eigenvalue weighted by Gasteiger charge is -2.33. The maximum Gasteiger partial charge on any atom is 0.189 e. The Bertz CT molecular complexity index is 295. The van der Waals surface area contributed by atoms with Crippen LogP contribution >= 0.6 is 38.5 Å². The second-order valence-corrected chi connectivity index (χ2v) is 8.79. The van der Waals surface area contributed by atoms with Crippen molar-refractivity contribution in [3.05, 3.63) is 0 Å². The van der Waals surface area contributed by atoms with Gasteiger partial charge in [0, 0.05) is 17.2 Å². The van der Waals surface area contributed by atoms with Crippen molar-refractivity contribution in [3.63, 3.8) is 0 Å². The largest absolute Gasteiger partial charge is 0.313 e. The number of carbonyl (C=O) groups excluding carboxylic acids is 1. The molecule has 0 aromatic heterocycles. The molecular formula is C13H23BrIN2O+. The Labute approximate surface area is 131 Å². The lowest BCUT2D eigenvalue weighted by atomic mass is 9.86. The van der Waals surface area contributed by atoms with Crippen LogP contribution in [0.3, 0.4) is 0 Å². The van der Waals surface area contributed by atoms with Crippen molar-refractivity contribution in [2.24, 2.45) is 11.7 Å². The summed E-state index contributed by atoms with van der Waals surface area (Å²) in [6.45, 7) is 1.71. The van der Waals surface area contributed by atoms with E-state index < -0.39 is 0 Å². The SMILES string of the molecule is NC1CCC(I)C[NH+]1CC(=O)C1CCC(Br)CC1. The highest BCUT2D eigenvalue weighted by Gasteiger charge is 2.32. The highest BCUT2D eigenvalue weighted by molar-refractivity contribution is 14.1. The van der Waals surface area contributed by atoms with Gasteiger partial charge >= 0.3 is 0 Å². The van der Waals surface area contributed by atoms with Crippen LogP contribution in [0.2, 0.25) is 0 Å². The first-order chi connectivity index (χ1) is 8.56. The minimum atomic E-state index is 0.174. The molecule has 3 N–H and O–H groups in total. The Morgan fingerprint density at radius 1 is 1.22 bits per heavy atom. The fraction of sp³-hybridized carbons (Fsp3) is 0.923. The second-order valence-electron chi connectivity index (χ2n) is 5.74. The van der Waals surface area contributed by atoms with E-state index in [1.807, 2.05) is 0 Å². The summed E-state index contributed by atoms with van der Waals surface area (Å²) in [5, 5.41) is 0. The third kappa shape index (κ3) is 4.15. The van der Waals surface area contributed by atoms with E-state index >= 15 is 0 Å². The zero-order chi connectivity index (χ0) is 13.1. The molecule has 2 fully saturated rings. The Balaban J connectivity index is 1.82. The van der Waals surface area contributed by atoms with E-state index in [2.05, 4.69) is 38.5 Å². The number of Topliss-reactive ketones (excluding diaryl/α,β-unsaturated/α-hetero) is 1. The average Bonchev–Trinajstić information content (AvgIpc) is 2.34. The summed E-state index contributed by atoms with van der Waals surface area (Å²) in [5.41, 5.74) is 6.14. The molecular weight excluding hydrogens is 407 g/mol.